The van der Waals surface area contributed by atoms with Crippen LogP contribution in [0, 0.1) is 0 Å². The number of anilines is 1. The Hall–Kier alpha value is -3.14. The van der Waals surface area contributed by atoms with E-state index in [9.17, 15) is 28.2 Å². The van der Waals surface area contributed by atoms with Crippen molar-refractivity contribution in [2.75, 3.05) is 16.9 Å². The predicted octanol–water partition coefficient (Wildman–Crippen LogP) is 2.57. The third-order valence-electron chi connectivity index (χ3n) is 5.78. The van der Waals surface area contributed by atoms with Crippen molar-refractivity contribution in [3.63, 3.8) is 0 Å². The van der Waals surface area contributed by atoms with Crippen LogP contribution in [0.5, 0.6) is 0 Å². The normalized spacial score (nSPS) is 20.5. The maximum Gasteiger partial charge on any atom is 0.413 e. The quantitative estimate of drug-likeness (QED) is 0.0958. The number of amides is 3. The third-order valence-corrected chi connectivity index (χ3v) is 8.73. The molecule has 0 spiro atoms. The average Bonchev–Trinajstić information content (AvgIpc) is 3.36. The number of hydrogen-bond acceptors (Lipinski definition) is 13. The van der Waals surface area contributed by atoms with E-state index in [0.29, 0.717) is 0 Å². The van der Waals surface area contributed by atoms with Gasteiger partial charge in [0.15, 0.2) is 10.8 Å². The zero-order valence-corrected chi connectivity index (χ0v) is 29.4. The number of alkyl halides is 1. The highest BCUT2D eigenvalue weighted by Gasteiger charge is 2.57. The van der Waals surface area contributed by atoms with E-state index >= 15 is 0 Å². The van der Waals surface area contributed by atoms with Crippen LogP contribution in [-0.2, 0) is 48.8 Å². The molecule has 1 saturated heterocycles. The summed E-state index contributed by atoms with van der Waals surface area (Å²) >= 11 is 6.87. The first-order valence-electron chi connectivity index (χ1n) is 13.3. The number of nitrogens with zero attached hydrogens (tertiary/aromatic N) is 3. The highest BCUT2D eigenvalue weighted by atomic mass is 35.5. The van der Waals surface area contributed by atoms with Gasteiger partial charge in [-0.2, -0.15) is 0 Å². The van der Waals surface area contributed by atoms with Crippen molar-refractivity contribution >= 4 is 83.9 Å². The van der Waals surface area contributed by atoms with Crippen LogP contribution in [0.1, 0.15) is 61.1 Å². The molecule has 0 bridgehead atoms. The van der Waals surface area contributed by atoms with Gasteiger partial charge < -0.3 is 24.2 Å². The molecule has 0 aliphatic carbocycles. The van der Waals surface area contributed by atoms with Gasteiger partial charge in [-0.3, -0.25) is 24.0 Å². The number of aromatic nitrogens is 1. The van der Waals surface area contributed by atoms with E-state index < -0.39 is 74.6 Å². The standard InChI is InChI=1S/C26H35ClN5O10PS2/c1-24(2,3)39-21(36)26(7,8)42-31-14(13-10-44-22(28-13)30-23(37)40-25(4,5)6)17(33)29-15-18(34)32-16(20(35)41-43)12(9-27)11-45(38)19(15)32/h10,15,19H,9,11,43H2,1-8H3,(H,29,33)(H,28,30,37)/b31-14-/t15-,19-,45?/m1/s1. The first-order valence-corrected chi connectivity index (χ1v) is 16.6. The van der Waals surface area contributed by atoms with E-state index in [0.717, 1.165) is 16.2 Å². The highest BCUT2D eigenvalue weighted by molar-refractivity contribution is 7.86. The number of oxime groups is 1. The summed E-state index contributed by atoms with van der Waals surface area (Å²) in [4.78, 5) is 74.9. The van der Waals surface area contributed by atoms with Crippen LogP contribution in [0.2, 0.25) is 0 Å². The Kier molecular flexibility index (Phi) is 11.1. The monoisotopic (exact) mass is 707 g/mol. The van der Waals surface area contributed by atoms with Crippen LogP contribution in [0.25, 0.3) is 0 Å². The van der Waals surface area contributed by atoms with Crippen LogP contribution in [0.3, 0.4) is 0 Å². The molecule has 2 N–H and O–H groups in total. The van der Waals surface area contributed by atoms with Crippen molar-refractivity contribution in [1.29, 1.82) is 0 Å². The van der Waals surface area contributed by atoms with Crippen molar-refractivity contribution in [3.05, 3.63) is 22.3 Å². The van der Waals surface area contributed by atoms with E-state index in [-0.39, 0.29) is 33.7 Å². The third kappa shape index (κ3) is 8.77. The molecule has 4 atom stereocenters. The maximum atomic E-state index is 13.6. The van der Waals surface area contributed by atoms with Crippen LogP contribution >= 0.6 is 32.4 Å². The van der Waals surface area contributed by atoms with Crippen molar-refractivity contribution in [1.82, 2.24) is 15.2 Å². The molecular weight excluding hydrogens is 673 g/mol. The molecule has 2 aliphatic rings. The Labute approximate surface area is 273 Å². The molecule has 1 aromatic heterocycles. The minimum Gasteiger partial charge on any atom is -0.457 e. The Morgan fingerprint density at radius 3 is 2.31 bits per heavy atom. The van der Waals surface area contributed by atoms with Crippen molar-refractivity contribution in [3.8, 4) is 0 Å². The van der Waals surface area contributed by atoms with Gasteiger partial charge in [0.25, 0.3) is 11.8 Å². The first-order chi connectivity index (χ1) is 20.7. The lowest BCUT2D eigenvalue weighted by Crippen LogP contribution is -2.74. The summed E-state index contributed by atoms with van der Waals surface area (Å²) in [6.07, 6.45) is -0.794. The van der Waals surface area contributed by atoms with E-state index in [2.05, 4.69) is 20.8 Å². The van der Waals surface area contributed by atoms with Crippen LogP contribution in [0.15, 0.2) is 21.8 Å². The Balaban J connectivity index is 1.92. The van der Waals surface area contributed by atoms with E-state index in [1.807, 2.05) is 0 Å². The fourth-order valence-electron chi connectivity index (χ4n) is 3.84. The van der Waals surface area contributed by atoms with Crippen LogP contribution in [-0.4, -0.2) is 89.5 Å². The molecular formula is C26H35ClN5O10PS2. The molecule has 2 unspecified atom stereocenters. The number of halogens is 1. The van der Waals surface area contributed by atoms with Gasteiger partial charge in [-0.1, -0.05) is 5.16 Å². The summed E-state index contributed by atoms with van der Waals surface area (Å²) in [6, 6.07) is -1.33. The second-order valence-electron chi connectivity index (χ2n) is 12.3. The molecule has 1 fully saturated rings. The Morgan fingerprint density at radius 2 is 1.76 bits per heavy atom. The molecule has 0 saturated carbocycles. The number of esters is 1. The van der Waals surface area contributed by atoms with Crippen molar-refractivity contribution < 1.29 is 47.0 Å². The number of nitrogens with one attached hydrogen (secondary N) is 2. The second kappa shape index (κ2) is 13.7. The number of thiazole rings is 1. The lowest BCUT2D eigenvalue weighted by molar-refractivity contribution is -0.179. The Bertz CT molecular complexity index is 1480. The van der Waals surface area contributed by atoms with Gasteiger partial charge >= 0.3 is 18.0 Å². The fraction of sp³-hybridized carbons (Fsp3) is 0.577. The van der Waals surface area contributed by atoms with E-state index in [1.54, 1.807) is 51.0 Å². The molecule has 0 radical (unpaired) electrons. The van der Waals surface area contributed by atoms with Gasteiger partial charge in [-0.15, -0.1) is 22.9 Å². The molecule has 19 heteroatoms. The number of ether oxygens (including phenoxy) is 2. The Morgan fingerprint density at radius 1 is 1.13 bits per heavy atom. The molecule has 3 amide bonds. The predicted molar refractivity (Wildman–Crippen MR) is 169 cm³/mol. The zero-order valence-electron chi connectivity index (χ0n) is 25.8. The van der Waals surface area contributed by atoms with E-state index in [4.69, 9.17) is 30.4 Å². The van der Waals surface area contributed by atoms with Crippen LogP contribution in [0.4, 0.5) is 9.93 Å². The maximum absolute atomic E-state index is 13.6. The largest absolute Gasteiger partial charge is 0.457 e. The number of rotatable bonds is 9. The van der Waals surface area contributed by atoms with Gasteiger partial charge in [0.05, 0.1) is 26.0 Å². The van der Waals surface area contributed by atoms with Gasteiger partial charge in [0.2, 0.25) is 5.60 Å². The molecule has 2 aliphatic heterocycles. The molecule has 45 heavy (non-hydrogen) atoms. The fourth-order valence-corrected chi connectivity index (χ4v) is 6.65. The minimum absolute atomic E-state index is 0.0461. The smallest absolute Gasteiger partial charge is 0.413 e. The topological polar surface area (TPSA) is 192 Å². The average molecular weight is 708 g/mol. The van der Waals surface area contributed by atoms with Gasteiger partial charge in [-0.05, 0) is 61.0 Å². The minimum atomic E-state index is -1.74. The highest BCUT2D eigenvalue weighted by Crippen LogP contribution is 2.36. The van der Waals surface area contributed by atoms with Crippen molar-refractivity contribution in [2.45, 2.75) is 83.6 Å². The van der Waals surface area contributed by atoms with Gasteiger partial charge in [0, 0.05) is 11.3 Å². The molecule has 15 nitrogen and oxygen atoms in total. The lowest BCUT2D eigenvalue weighted by Gasteiger charge is -2.49. The summed E-state index contributed by atoms with van der Waals surface area (Å²) < 4.78 is 28.4. The number of carbonyl (C=O) groups is 5. The second-order valence-corrected chi connectivity index (χ2v) is 15.2. The molecule has 248 valence electrons. The van der Waals surface area contributed by atoms with E-state index in [1.165, 1.54) is 19.2 Å². The van der Waals surface area contributed by atoms with Gasteiger partial charge in [-0.25, -0.2) is 19.4 Å². The number of carbonyl (C=O) groups excluding carboxylic acids is 5. The number of fused-ring (bicyclic) bond motifs is 1. The zero-order chi connectivity index (χ0) is 34.1. The van der Waals surface area contributed by atoms with Gasteiger partial charge in [0.1, 0.15) is 34.0 Å². The van der Waals surface area contributed by atoms with Crippen LogP contribution < -0.4 is 10.6 Å². The molecule has 1 aromatic rings. The molecule has 0 aromatic carbocycles. The number of β-lactam (4-membered cyclic amide) rings is 1. The number of hydrogen-bond donors (Lipinski definition) is 2. The summed E-state index contributed by atoms with van der Waals surface area (Å²) in [5.74, 6) is -3.67. The summed E-state index contributed by atoms with van der Waals surface area (Å²) in [7, 11) is 0.0391. The summed E-state index contributed by atoms with van der Waals surface area (Å²) in [5.41, 5.74) is -3.76. The van der Waals surface area contributed by atoms with Crippen molar-refractivity contribution in [2.24, 2.45) is 5.16 Å². The summed E-state index contributed by atoms with van der Waals surface area (Å²) in [6.45, 7) is 12.8. The first kappa shape index (κ1) is 36.3. The molecule has 3 heterocycles. The molecule has 3 rings (SSSR count). The SMILES string of the molecule is CC(C)(C)OC(=O)Nc1nc(/C(=N/OC(C)(C)C(=O)OC(C)(C)C)C(=O)N[C@@H]2C(=O)N3C(C(=O)OP)=C(CCl)CS(=O)[C@H]23)cs1. The summed E-state index contributed by atoms with van der Waals surface area (Å²) in [5, 5.41) is 9.17. The lowest BCUT2D eigenvalue weighted by atomic mass is 10.0.